The number of nitrogens with zero attached hydrogens (tertiary/aromatic N) is 4. The molecule has 2 aromatic rings. The predicted molar refractivity (Wildman–Crippen MR) is 110 cm³/mol. The van der Waals surface area contributed by atoms with E-state index in [0.29, 0.717) is 12.1 Å². The van der Waals surface area contributed by atoms with Crippen LogP contribution in [0.4, 0.5) is 5.82 Å². The smallest absolute Gasteiger partial charge is 0.255 e. The largest absolute Gasteiger partial charge is 0.490 e. The van der Waals surface area contributed by atoms with Crippen LogP contribution in [0.1, 0.15) is 40.0 Å². The zero-order chi connectivity index (χ0) is 21.0. The van der Waals surface area contributed by atoms with Crippen molar-refractivity contribution in [3.63, 3.8) is 0 Å². The van der Waals surface area contributed by atoms with Gasteiger partial charge in [0.25, 0.3) is 5.91 Å². The fraction of sp³-hybridized carbons (Fsp3) is 0.409. The van der Waals surface area contributed by atoms with Crippen LogP contribution in [0.25, 0.3) is 0 Å². The highest BCUT2D eigenvalue weighted by Crippen LogP contribution is 2.29. The van der Waals surface area contributed by atoms with Gasteiger partial charge in [-0.05, 0) is 36.8 Å². The number of ether oxygens (including phenoxy) is 1. The Balaban J connectivity index is 0.00000117. The van der Waals surface area contributed by atoms with Crippen molar-refractivity contribution in [2.75, 3.05) is 32.1 Å². The molecule has 1 N–H and O–H groups in total. The Hall–Kier alpha value is -3.11. The first-order chi connectivity index (χ1) is 14.0. The quantitative estimate of drug-likeness (QED) is 0.860. The van der Waals surface area contributed by atoms with Gasteiger partial charge in [0.05, 0.1) is 29.4 Å². The second-order valence-corrected chi connectivity index (χ2v) is 7.23. The number of nitriles is 1. The lowest BCUT2D eigenvalue weighted by atomic mass is 10.1. The van der Waals surface area contributed by atoms with Gasteiger partial charge in [0.2, 0.25) is 0 Å². The standard InChI is InChI=1S/C21H22N4O2.CH4O/c1-14-10-18-19(13-24(2)21(18)26)23-20(14)25-8-6-16(7-9-25)27-17-5-3-4-15(11-17)12-22;1-2/h3-5,10-11,16H,6-9,13H2,1-2H3;2H,1H3. The Morgan fingerprint density at radius 2 is 1.97 bits per heavy atom. The lowest BCUT2D eigenvalue weighted by molar-refractivity contribution is 0.0816. The van der Waals surface area contributed by atoms with Gasteiger partial charge in [-0.1, -0.05) is 6.07 Å². The van der Waals surface area contributed by atoms with Crippen molar-refractivity contribution in [2.24, 2.45) is 0 Å². The third-order valence-electron chi connectivity index (χ3n) is 5.24. The second-order valence-electron chi connectivity index (χ2n) is 7.23. The summed E-state index contributed by atoms with van der Waals surface area (Å²) in [6.45, 7) is 4.32. The third-order valence-corrected chi connectivity index (χ3v) is 5.24. The average molecular weight is 394 g/mol. The van der Waals surface area contributed by atoms with Gasteiger partial charge < -0.3 is 19.6 Å². The lowest BCUT2D eigenvalue weighted by Crippen LogP contribution is -2.39. The first-order valence-corrected chi connectivity index (χ1v) is 9.67. The van der Waals surface area contributed by atoms with Crippen LogP contribution in [0.5, 0.6) is 5.75 Å². The number of carbonyl (C=O) groups is 1. The Kier molecular flexibility index (Phi) is 6.35. The number of anilines is 1. The number of carbonyl (C=O) groups excluding carboxylic acids is 1. The molecule has 0 spiro atoms. The van der Waals surface area contributed by atoms with Gasteiger partial charge in [0, 0.05) is 40.1 Å². The molecule has 1 aromatic heterocycles. The molecule has 0 atom stereocenters. The molecule has 3 heterocycles. The first-order valence-electron chi connectivity index (χ1n) is 9.67. The molecule has 29 heavy (non-hydrogen) atoms. The maximum absolute atomic E-state index is 12.1. The van der Waals surface area contributed by atoms with Crippen LogP contribution >= 0.6 is 0 Å². The second kappa shape index (κ2) is 8.93. The molecule has 7 heteroatoms. The Bertz CT molecular complexity index is 930. The molecule has 0 saturated carbocycles. The van der Waals surface area contributed by atoms with Crippen LogP contribution in [-0.4, -0.2) is 54.2 Å². The highest BCUT2D eigenvalue weighted by atomic mass is 16.5. The first kappa shape index (κ1) is 20.6. The van der Waals surface area contributed by atoms with E-state index in [-0.39, 0.29) is 12.0 Å². The summed E-state index contributed by atoms with van der Waals surface area (Å²) in [6, 6.07) is 11.4. The summed E-state index contributed by atoms with van der Waals surface area (Å²) in [5.74, 6) is 1.78. The number of aryl methyl sites for hydroxylation is 1. The number of piperidine rings is 1. The molecule has 2 aliphatic heterocycles. The van der Waals surface area contributed by atoms with Crippen molar-refractivity contribution in [1.29, 1.82) is 5.26 Å². The maximum atomic E-state index is 12.1. The van der Waals surface area contributed by atoms with Gasteiger partial charge in [-0.15, -0.1) is 0 Å². The number of pyridine rings is 1. The highest BCUT2D eigenvalue weighted by molar-refractivity contribution is 5.98. The Labute approximate surface area is 171 Å². The summed E-state index contributed by atoms with van der Waals surface area (Å²) in [7, 11) is 2.81. The summed E-state index contributed by atoms with van der Waals surface area (Å²) < 4.78 is 6.06. The topological polar surface area (TPSA) is 89.7 Å². The monoisotopic (exact) mass is 394 g/mol. The SMILES string of the molecule is CO.Cc1cc2c(nc1N1CCC(Oc3cccc(C#N)c3)CC1)CN(C)C2=O. The number of amides is 1. The molecule has 4 rings (SSSR count). The van der Waals surface area contributed by atoms with Gasteiger partial charge in [-0.3, -0.25) is 4.79 Å². The third kappa shape index (κ3) is 4.33. The van der Waals surface area contributed by atoms with Gasteiger partial charge in [0.1, 0.15) is 17.7 Å². The molecule has 2 aliphatic rings. The molecule has 1 amide bonds. The predicted octanol–water partition coefficient (Wildman–Crippen LogP) is 2.50. The minimum absolute atomic E-state index is 0.0545. The van der Waals surface area contributed by atoms with Crippen LogP contribution in [0.15, 0.2) is 30.3 Å². The van der Waals surface area contributed by atoms with E-state index in [1.165, 1.54) is 0 Å². The van der Waals surface area contributed by atoms with Crippen molar-refractivity contribution in [3.8, 4) is 11.8 Å². The summed E-state index contributed by atoms with van der Waals surface area (Å²) >= 11 is 0. The van der Waals surface area contributed by atoms with Crippen molar-refractivity contribution in [3.05, 3.63) is 52.7 Å². The van der Waals surface area contributed by atoms with Crippen molar-refractivity contribution < 1.29 is 14.6 Å². The molecule has 0 unspecified atom stereocenters. The van der Waals surface area contributed by atoms with Crippen molar-refractivity contribution in [2.45, 2.75) is 32.4 Å². The molecule has 7 nitrogen and oxygen atoms in total. The summed E-state index contributed by atoms with van der Waals surface area (Å²) in [5, 5.41) is 16.0. The highest BCUT2D eigenvalue weighted by Gasteiger charge is 2.29. The average Bonchev–Trinajstić information content (AvgIpc) is 3.03. The fourth-order valence-corrected chi connectivity index (χ4v) is 3.79. The maximum Gasteiger partial charge on any atom is 0.255 e. The molecule has 1 aromatic carbocycles. The van der Waals surface area contributed by atoms with Gasteiger partial charge in [-0.2, -0.15) is 5.26 Å². The van der Waals surface area contributed by atoms with Gasteiger partial charge in [0.15, 0.2) is 0 Å². The summed E-state index contributed by atoms with van der Waals surface area (Å²) in [6.07, 6.45) is 1.93. The van der Waals surface area contributed by atoms with Crippen molar-refractivity contribution in [1.82, 2.24) is 9.88 Å². The van der Waals surface area contributed by atoms with Gasteiger partial charge >= 0.3 is 0 Å². The van der Waals surface area contributed by atoms with Crippen LogP contribution < -0.4 is 9.64 Å². The Morgan fingerprint density at radius 3 is 2.66 bits per heavy atom. The molecular formula is C22H26N4O3. The zero-order valence-electron chi connectivity index (χ0n) is 17.1. The molecule has 152 valence electrons. The lowest BCUT2D eigenvalue weighted by Gasteiger charge is -2.34. The van der Waals surface area contributed by atoms with E-state index in [4.69, 9.17) is 20.1 Å². The van der Waals surface area contributed by atoms with Crippen LogP contribution in [0, 0.1) is 18.3 Å². The van der Waals surface area contributed by atoms with Gasteiger partial charge in [-0.25, -0.2) is 4.98 Å². The van der Waals surface area contributed by atoms with E-state index in [2.05, 4.69) is 11.0 Å². The molecule has 0 aliphatic carbocycles. The summed E-state index contributed by atoms with van der Waals surface area (Å²) in [4.78, 5) is 20.9. The minimum atomic E-state index is 0.0545. The number of aliphatic hydroxyl groups is 1. The number of hydrogen-bond acceptors (Lipinski definition) is 6. The van der Waals surface area contributed by atoms with E-state index < -0.39 is 0 Å². The van der Waals surface area contributed by atoms with E-state index in [9.17, 15) is 4.79 Å². The minimum Gasteiger partial charge on any atom is -0.490 e. The number of aliphatic hydroxyl groups excluding tert-OH is 1. The van der Waals surface area contributed by atoms with Crippen molar-refractivity contribution >= 4 is 11.7 Å². The van der Waals surface area contributed by atoms with Crippen LogP contribution in [0.2, 0.25) is 0 Å². The molecule has 0 radical (unpaired) electrons. The van der Waals surface area contributed by atoms with E-state index in [1.807, 2.05) is 32.2 Å². The van der Waals surface area contributed by atoms with E-state index in [1.54, 1.807) is 17.0 Å². The number of rotatable bonds is 3. The van der Waals surface area contributed by atoms with Crippen LogP contribution in [0.3, 0.4) is 0 Å². The molecular weight excluding hydrogens is 368 g/mol. The fourth-order valence-electron chi connectivity index (χ4n) is 3.79. The van der Waals surface area contributed by atoms with Crippen LogP contribution in [-0.2, 0) is 6.54 Å². The molecule has 1 saturated heterocycles. The molecule has 0 bridgehead atoms. The molecule has 1 fully saturated rings. The number of hydrogen-bond donors (Lipinski definition) is 1. The number of fused-ring (bicyclic) bond motifs is 1. The zero-order valence-corrected chi connectivity index (χ0v) is 17.1. The number of aromatic nitrogens is 1. The number of benzene rings is 1. The van der Waals surface area contributed by atoms with E-state index >= 15 is 0 Å². The normalized spacial score (nSPS) is 16.0. The van der Waals surface area contributed by atoms with E-state index in [0.717, 1.165) is 61.4 Å². The summed E-state index contributed by atoms with van der Waals surface area (Å²) in [5.41, 5.74) is 3.25. The Morgan fingerprint density at radius 1 is 1.24 bits per heavy atom.